The van der Waals surface area contributed by atoms with Crippen LogP contribution in [0.15, 0.2) is 30.3 Å². The van der Waals surface area contributed by atoms with Gasteiger partial charge in [-0.15, -0.1) is 0 Å². The van der Waals surface area contributed by atoms with E-state index in [-0.39, 0.29) is 24.2 Å². The lowest BCUT2D eigenvalue weighted by atomic mass is 10.1. The molecule has 4 atom stereocenters. The highest BCUT2D eigenvalue weighted by atomic mass is 16.5. The lowest BCUT2D eigenvalue weighted by molar-refractivity contribution is -0.134. The Morgan fingerprint density at radius 3 is 2.58 bits per heavy atom. The molecule has 5 heteroatoms. The van der Waals surface area contributed by atoms with Gasteiger partial charge in [-0.1, -0.05) is 30.3 Å². The Hall–Kier alpha value is -1.43. The van der Waals surface area contributed by atoms with Crippen LogP contribution in [0.4, 0.5) is 0 Å². The molecule has 0 saturated carbocycles. The minimum absolute atomic E-state index is 0.0538. The van der Waals surface area contributed by atoms with Crippen LogP contribution < -0.4 is 5.73 Å². The minimum Gasteiger partial charge on any atom is -0.373 e. The zero-order valence-electron chi connectivity index (χ0n) is 14.7. The molecule has 3 rings (SSSR count). The molecule has 0 radical (unpaired) electrons. The van der Waals surface area contributed by atoms with E-state index < -0.39 is 6.04 Å². The first-order valence-corrected chi connectivity index (χ1v) is 9.03. The predicted molar refractivity (Wildman–Crippen MR) is 94.6 cm³/mol. The van der Waals surface area contributed by atoms with E-state index in [1.54, 1.807) is 0 Å². The molecule has 2 saturated heterocycles. The number of likely N-dealkylation sites (tertiary alicyclic amines) is 1. The molecule has 2 N–H and O–H groups in total. The Bertz CT molecular complexity index is 541. The standard InChI is InChI=1S/C19H29N3O2/c1-14-11-21(12-15(2)24-14)13-17-9-6-10-22(17)19(23)18(20)16-7-4-3-5-8-16/h3-5,7-8,14-15,17-18H,6,9-13,20H2,1-2H3/t14-,15-,17+,18+/m1/s1. The first kappa shape index (κ1) is 17.4. The number of hydrogen-bond donors (Lipinski definition) is 1. The summed E-state index contributed by atoms with van der Waals surface area (Å²) in [6.45, 7) is 7.85. The molecule has 2 aliphatic rings. The maximum atomic E-state index is 12.9. The lowest BCUT2D eigenvalue weighted by Gasteiger charge is -2.38. The zero-order valence-corrected chi connectivity index (χ0v) is 14.7. The molecule has 0 spiro atoms. The molecule has 5 nitrogen and oxygen atoms in total. The van der Waals surface area contributed by atoms with Crippen molar-refractivity contribution in [2.75, 3.05) is 26.2 Å². The number of nitrogens with two attached hydrogens (primary N) is 1. The fraction of sp³-hybridized carbons (Fsp3) is 0.632. The molecule has 1 amide bonds. The van der Waals surface area contributed by atoms with E-state index in [1.807, 2.05) is 35.2 Å². The van der Waals surface area contributed by atoms with Crippen LogP contribution in [0, 0.1) is 0 Å². The first-order chi connectivity index (χ1) is 11.5. The smallest absolute Gasteiger partial charge is 0.244 e. The number of carbonyl (C=O) groups excluding carboxylic acids is 1. The fourth-order valence-corrected chi connectivity index (χ4v) is 4.03. The molecule has 0 unspecified atom stereocenters. The Kier molecular flexibility index (Phi) is 5.54. The second kappa shape index (κ2) is 7.64. The van der Waals surface area contributed by atoms with Gasteiger partial charge < -0.3 is 15.4 Å². The van der Waals surface area contributed by atoms with Crippen molar-refractivity contribution in [1.82, 2.24) is 9.80 Å². The van der Waals surface area contributed by atoms with Crippen LogP contribution in [0.5, 0.6) is 0 Å². The number of morpholine rings is 1. The maximum Gasteiger partial charge on any atom is 0.244 e. The van der Waals surface area contributed by atoms with E-state index in [0.29, 0.717) is 0 Å². The SMILES string of the molecule is C[C@@H]1CN(C[C@@H]2CCCN2C(=O)[C@@H](N)c2ccccc2)C[C@@H](C)O1. The Morgan fingerprint density at radius 2 is 1.92 bits per heavy atom. The summed E-state index contributed by atoms with van der Waals surface area (Å²) in [5, 5.41) is 0. The number of nitrogens with zero attached hydrogens (tertiary/aromatic N) is 2. The molecule has 1 aromatic carbocycles. The highest BCUT2D eigenvalue weighted by Gasteiger charge is 2.34. The van der Waals surface area contributed by atoms with Crippen molar-refractivity contribution in [3.63, 3.8) is 0 Å². The summed E-state index contributed by atoms with van der Waals surface area (Å²) in [6.07, 6.45) is 2.64. The van der Waals surface area contributed by atoms with Gasteiger partial charge in [-0.3, -0.25) is 9.69 Å². The molecular formula is C19H29N3O2. The van der Waals surface area contributed by atoms with Gasteiger partial charge in [0.15, 0.2) is 0 Å². The highest BCUT2D eigenvalue weighted by Crippen LogP contribution is 2.24. The van der Waals surface area contributed by atoms with Crippen LogP contribution in [0.2, 0.25) is 0 Å². The van der Waals surface area contributed by atoms with Crippen LogP contribution in [-0.4, -0.2) is 60.1 Å². The summed E-state index contributed by atoms with van der Waals surface area (Å²) in [7, 11) is 0. The maximum absolute atomic E-state index is 12.9. The summed E-state index contributed by atoms with van der Waals surface area (Å²) < 4.78 is 5.81. The second-order valence-electron chi connectivity index (χ2n) is 7.19. The van der Waals surface area contributed by atoms with Crippen LogP contribution in [-0.2, 0) is 9.53 Å². The number of ether oxygens (including phenoxy) is 1. The molecule has 1 aromatic rings. The summed E-state index contributed by atoms with van der Waals surface area (Å²) in [4.78, 5) is 17.3. The average Bonchev–Trinajstić information content (AvgIpc) is 3.01. The highest BCUT2D eigenvalue weighted by molar-refractivity contribution is 5.83. The van der Waals surface area contributed by atoms with Gasteiger partial charge in [0.2, 0.25) is 5.91 Å². The van der Waals surface area contributed by atoms with Crippen molar-refractivity contribution < 1.29 is 9.53 Å². The third-order valence-corrected chi connectivity index (χ3v) is 5.05. The largest absolute Gasteiger partial charge is 0.373 e. The van der Waals surface area contributed by atoms with E-state index in [4.69, 9.17) is 10.5 Å². The van der Waals surface area contributed by atoms with Gasteiger partial charge in [0.1, 0.15) is 6.04 Å². The van der Waals surface area contributed by atoms with Crippen LogP contribution in [0.3, 0.4) is 0 Å². The zero-order chi connectivity index (χ0) is 17.1. The molecule has 2 aliphatic heterocycles. The van der Waals surface area contributed by atoms with Crippen LogP contribution in [0.25, 0.3) is 0 Å². The van der Waals surface area contributed by atoms with Crippen molar-refractivity contribution in [2.45, 2.75) is 51.0 Å². The summed E-state index contributed by atoms with van der Waals surface area (Å²) in [6, 6.07) is 9.37. The molecule has 0 aliphatic carbocycles. The first-order valence-electron chi connectivity index (χ1n) is 9.03. The van der Waals surface area contributed by atoms with Gasteiger partial charge in [-0.05, 0) is 32.3 Å². The number of carbonyl (C=O) groups is 1. The Morgan fingerprint density at radius 1 is 1.25 bits per heavy atom. The molecule has 0 bridgehead atoms. The average molecular weight is 331 g/mol. The number of benzene rings is 1. The van der Waals surface area contributed by atoms with Gasteiger partial charge >= 0.3 is 0 Å². The quantitative estimate of drug-likeness (QED) is 0.914. The van der Waals surface area contributed by atoms with Crippen molar-refractivity contribution in [3.05, 3.63) is 35.9 Å². The molecule has 132 valence electrons. The van der Waals surface area contributed by atoms with Gasteiger partial charge in [0, 0.05) is 32.2 Å². The third kappa shape index (κ3) is 3.97. The van der Waals surface area contributed by atoms with Gasteiger partial charge in [-0.25, -0.2) is 0 Å². The normalized spacial score (nSPS) is 29.6. The number of hydrogen-bond acceptors (Lipinski definition) is 4. The Balaban J connectivity index is 1.63. The van der Waals surface area contributed by atoms with Crippen molar-refractivity contribution >= 4 is 5.91 Å². The number of rotatable bonds is 4. The molecule has 0 aromatic heterocycles. The fourth-order valence-electron chi connectivity index (χ4n) is 4.03. The van der Waals surface area contributed by atoms with Crippen molar-refractivity contribution in [3.8, 4) is 0 Å². The molecular weight excluding hydrogens is 302 g/mol. The number of amides is 1. The van der Waals surface area contributed by atoms with Gasteiger partial charge in [-0.2, -0.15) is 0 Å². The summed E-state index contributed by atoms with van der Waals surface area (Å²) in [5.41, 5.74) is 7.12. The molecule has 2 fully saturated rings. The monoisotopic (exact) mass is 331 g/mol. The van der Waals surface area contributed by atoms with E-state index >= 15 is 0 Å². The molecule has 2 heterocycles. The predicted octanol–water partition coefficient (Wildman–Crippen LogP) is 1.79. The van der Waals surface area contributed by atoms with Crippen molar-refractivity contribution in [2.24, 2.45) is 5.73 Å². The van der Waals surface area contributed by atoms with Crippen LogP contribution >= 0.6 is 0 Å². The van der Waals surface area contributed by atoms with Crippen LogP contribution in [0.1, 0.15) is 38.3 Å². The minimum atomic E-state index is -0.561. The summed E-state index contributed by atoms with van der Waals surface area (Å²) in [5.74, 6) is 0.0538. The van der Waals surface area contributed by atoms with Gasteiger partial charge in [0.05, 0.1) is 12.2 Å². The van der Waals surface area contributed by atoms with E-state index in [1.165, 1.54) is 0 Å². The molecule has 24 heavy (non-hydrogen) atoms. The van der Waals surface area contributed by atoms with Gasteiger partial charge in [0.25, 0.3) is 0 Å². The Labute approximate surface area is 144 Å². The van der Waals surface area contributed by atoms with E-state index in [9.17, 15) is 4.79 Å². The topological polar surface area (TPSA) is 58.8 Å². The third-order valence-electron chi connectivity index (χ3n) is 5.05. The second-order valence-corrected chi connectivity index (χ2v) is 7.19. The van der Waals surface area contributed by atoms with Crippen molar-refractivity contribution in [1.29, 1.82) is 0 Å². The lowest BCUT2D eigenvalue weighted by Crippen LogP contribution is -2.51. The van der Waals surface area contributed by atoms with E-state index in [0.717, 1.165) is 44.6 Å². The van der Waals surface area contributed by atoms with E-state index in [2.05, 4.69) is 18.7 Å². The summed E-state index contributed by atoms with van der Waals surface area (Å²) >= 11 is 0.